The van der Waals surface area contributed by atoms with Gasteiger partial charge in [0.15, 0.2) is 11.5 Å². The topological polar surface area (TPSA) is 80.9 Å². The summed E-state index contributed by atoms with van der Waals surface area (Å²) in [7, 11) is 3.49. The summed E-state index contributed by atoms with van der Waals surface area (Å²) in [4.78, 5) is 19.3. The van der Waals surface area contributed by atoms with E-state index in [-0.39, 0.29) is 10.5 Å². The summed E-state index contributed by atoms with van der Waals surface area (Å²) in [5, 5.41) is 2.64. The average molecular weight is 180 g/mol. The van der Waals surface area contributed by atoms with Gasteiger partial charge in [0.2, 0.25) is 0 Å². The van der Waals surface area contributed by atoms with E-state index in [2.05, 4.69) is 15.3 Å². The van der Waals surface area contributed by atoms with Gasteiger partial charge in [0.05, 0.1) is 14.1 Å². The number of quaternary nitrogens is 1. The second-order valence-electron chi connectivity index (χ2n) is 3.34. The maximum atomic E-state index is 11.4. The predicted octanol–water partition coefficient (Wildman–Crippen LogP) is 0.171. The van der Waals surface area contributed by atoms with Gasteiger partial charge in [-0.15, -0.1) is 0 Å². The number of nitrogens with one attached hydrogen (secondary N) is 1. The SMILES string of the molecule is C[N+]1(C)C(=O)Nc2c(N)ncnc21. The van der Waals surface area contributed by atoms with Crippen molar-refractivity contribution in [2.45, 2.75) is 0 Å². The molecular formula is C7H10N5O+. The Morgan fingerprint density at radius 3 is 2.77 bits per heavy atom. The molecule has 0 radical (unpaired) electrons. The van der Waals surface area contributed by atoms with Crippen molar-refractivity contribution in [2.24, 2.45) is 0 Å². The van der Waals surface area contributed by atoms with Gasteiger partial charge >= 0.3 is 6.03 Å². The lowest BCUT2D eigenvalue weighted by Gasteiger charge is -2.16. The van der Waals surface area contributed by atoms with E-state index >= 15 is 0 Å². The molecule has 1 aliphatic rings. The average Bonchev–Trinajstić information content (AvgIpc) is 2.28. The smallest absolute Gasteiger partial charge is 0.382 e. The fourth-order valence-electron chi connectivity index (χ4n) is 1.28. The lowest BCUT2D eigenvalue weighted by atomic mass is 10.4. The molecule has 1 aromatic heterocycles. The molecule has 0 unspecified atom stereocenters. The third kappa shape index (κ3) is 0.888. The molecule has 0 saturated heterocycles. The molecule has 0 fully saturated rings. The second-order valence-corrected chi connectivity index (χ2v) is 3.34. The van der Waals surface area contributed by atoms with E-state index in [0.717, 1.165) is 0 Å². The van der Waals surface area contributed by atoms with E-state index in [9.17, 15) is 4.79 Å². The van der Waals surface area contributed by atoms with Gasteiger partial charge < -0.3 is 5.73 Å². The number of fused-ring (bicyclic) bond motifs is 1. The van der Waals surface area contributed by atoms with Crippen molar-refractivity contribution in [2.75, 3.05) is 25.1 Å². The Labute approximate surface area is 75.0 Å². The highest BCUT2D eigenvalue weighted by atomic mass is 16.2. The van der Waals surface area contributed by atoms with Crippen molar-refractivity contribution in [3.05, 3.63) is 6.33 Å². The van der Waals surface area contributed by atoms with Crippen LogP contribution >= 0.6 is 0 Å². The van der Waals surface area contributed by atoms with Crippen molar-refractivity contribution in [1.82, 2.24) is 14.5 Å². The van der Waals surface area contributed by atoms with Crippen LogP contribution < -0.4 is 15.5 Å². The van der Waals surface area contributed by atoms with Gasteiger partial charge in [0, 0.05) is 0 Å². The molecule has 2 amide bonds. The fraction of sp³-hybridized carbons (Fsp3) is 0.286. The molecule has 6 heteroatoms. The first-order valence-corrected chi connectivity index (χ1v) is 3.80. The van der Waals surface area contributed by atoms with E-state index in [1.165, 1.54) is 6.33 Å². The summed E-state index contributed by atoms with van der Waals surface area (Å²) in [5.74, 6) is 0.916. The van der Waals surface area contributed by atoms with Gasteiger partial charge in [-0.1, -0.05) is 0 Å². The predicted molar refractivity (Wildman–Crippen MR) is 49.1 cm³/mol. The molecule has 6 nitrogen and oxygen atoms in total. The summed E-state index contributed by atoms with van der Waals surface area (Å²) in [6.45, 7) is 0. The molecule has 0 spiro atoms. The van der Waals surface area contributed by atoms with Gasteiger partial charge in [-0.3, -0.25) is 5.32 Å². The number of amides is 2. The highest BCUT2D eigenvalue weighted by Gasteiger charge is 2.42. The van der Waals surface area contributed by atoms with Gasteiger partial charge in [0.1, 0.15) is 6.33 Å². The van der Waals surface area contributed by atoms with Crippen LogP contribution in [0.1, 0.15) is 0 Å². The van der Waals surface area contributed by atoms with E-state index in [0.29, 0.717) is 17.3 Å². The highest BCUT2D eigenvalue weighted by Crippen LogP contribution is 2.36. The molecule has 13 heavy (non-hydrogen) atoms. The maximum absolute atomic E-state index is 11.4. The summed E-state index contributed by atoms with van der Waals surface area (Å²) in [6.07, 6.45) is 1.36. The number of nitrogens with zero attached hydrogens (tertiary/aromatic N) is 3. The van der Waals surface area contributed by atoms with Gasteiger partial charge in [-0.2, -0.15) is 9.47 Å². The number of hydrogen-bond donors (Lipinski definition) is 2. The molecule has 2 heterocycles. The van der Waals surface area contributed by atoms with Crippen LogP contribution in [-0.2, 0) is 0 Å². The standard InChI is InChI=1S/C7H9N5O/c1-12(2)6-4(11-7(12)13)5(8)9-3-10-6/h3H,1-2H3,(H2-,8,9,10,11,13)/p+1. The first-order valence-electron chi connectivity index (χ1n) is 3.80. The Balaban J connectivity index is 2.68. The van der Waals surface area contributed by atoms with E-state index in [1.54, 1.807) is 14.1 Å². The zero-order valence-electron chi connectivity index (χ0n) is 7.40. The van der Waals surface area contributed by atoms with Crippen LogP contribution in [0.3, 0.4) is 0 Å². The Kier molecular flexibility index (Phi) is 1.32. The number of hydrogen-bond acceptors (Lipinski definition) is 4. The number of rotatable bonds is 0. The summed E-state index contributed by atoms with van der Waals surface area (Å²) >= 11 is 0. The highest BCUT2D eigenvalue weighted by molar-refractivity contribution is 6.08. The monoisotopic (exact) mass is 180 g/mol. The normalized spacial score (nSPS) is 18.2. The maximum Gasteiger partial charge on any atom is 0.427 e. The van der Waals surface area contributed by atoms with Gasteiger partial charge in [-0.05, 0) is 0 Å². The lowest BCUT2D eigenvalue weighted by Crippen LogP contribution is -2.44. The number of carbonyl (C=O) groups excluding carboxylic acids is 1. The number of urea groups is 1. The minimum absolute atomic E-state index is 0.0576. The van der Waals surface area contributed by atoms with Crippen LogP contribution in [0.25, 0.3) is 0 Å². The first kappa shape index (κ1) is 7.93. The number of carbonyl (C=O) groups is 1. The first-order chi connectivity index (χ1) is 6.03. The molecule has 0 atom stereocenters. The van der Waals surface area contributed by atoms with E-state index in [4.69, 9.17) is 5.73 Å². The molecule has 0 aromatic carbocycles. The zero-order chi connectivity index (χ0) is 9.64. The second kappa shape index (κ2) is 2.17. The van der Waals surface area contributed by atoms with Crippen molar-refractivity contribution in [3.63, 3.8) is 0 Å². The van der Waals surface area contributed by atoms with Crippen molar-refractivity contribution in [3.8, 4) is 0 Å². The summed E-state index contributed by atoms with van der Waals surface area (Å²) < 4.78 is 0.0576. The molecule has 1 aliphatic heterocycles. The molecule has 68 valence electrons. The fourth-order valence-corrected chi connectivity index (χ4v) is 1.28. The summed E-state index contributed by atoms with van der Waals surface area (Å²) in [6, 6.07) is -0.151. The molecule has 3 N–H and O–H groups in total. The number of aromatic nitrogens is 2. The molecule has 0 bridgehead atoms. The van der Waals surface area contributed by atoms with E-state index in [1.807, 2.05) is 0 Å². The quantitative estimate of drug-likeness (QED) is 0.558. The molecule has 0 saturated carbocycles. The number of anilines is 2. The Morgan fingerprint density at radius 2 is 2.15 bits per heavy atom. The lowest BCUT2D eigenvalue weighted by molar-refractivity contribution is 0.233. The minimum atomic E-state index is -0.151. The molecular weight excluding hydrogens is 170 g/mol. The van der Waals surface area contributed by atoms with Crippen molar-refractivity contribution >= 4 is 23.4 Å². The Morgan fingerprint density at radius 1 is 1.46 bits per heavy atom. The van der Waals surface area contributed by atoms with Gasteiger partial charge in [0.25, 0.3) is 5.82 Å². The van der Waals surface area contributed by atoms with Crippen LogP contribution in [0.2, 0.25) is 0 Å². The molecule has 2 rings (SSSR count). The third-order valence-electron chi connectivity index (χ3n) is 2.13. The molecule has 0 aliphatic carbocycles. The van der Waals surface area contributed by atoms with Crippen molar-refractivity contribution in [1.29, 1.82) is 0 Å². The van der Waals surface area contributed by atoms with Crippen LogP contribution in [0.5, 0.6) is 0 Å². The largest absolute Gasteiger partial charge is 0.427 e. The number of nitrogen functional groups attached to an aromatic ring is 1. The van der Waals surface area contributed by atoms with Crippen molar-refractivity contribution < 1.29 is 4.79 Å². The van der Waals surface area contributed by atoms with Crippen LogP contribution in [0, 0.1) is 0 Å². The third-order valence-corrected chi connectivity index (χ3v) is 2.13. The Bertz CT molecular complexity index is 386. The van der Waals surface area contributed by atoms with Gasteiger partial charge in [-0.25, -0.2) is 9.78 Å². The van der Waals surface area contributed by atoms with Crippen LogP contribution in [0.15, 0.2) is 6.33 Å². The summed E-state index contributed by atoms with van der Waals surface area (Å²) in [5.41, 5.74) is 6.10. The van der Waals surface area contributed by atoms with Crippen LogP contribution in [-0.4, -0.2) is 30.1 Å². The Hall–Kier alpha value is -1.69. The number of nitrogens with two attached hydrogens (primary N) is 1. The zero-order valence-corrected chi connectivity index (χ0v) is 7.40. The minimum Gasteiger partial charge on any atom is -0.382 e. The van der Waals surface area contributed by atoms with E-state index < -0.39 is 0 Å². The van der Waals surface area contributed by atoms with Crippen LogP contribution in [0.4, 0.5) is 22.1 Å². The molecule has 1 aromatic rings.